The van der Waals surface area contributed by atoms with E-state index in [1.54, 1.807) is 0 Å². The first-order valence-corrected chi connectivity index (χ1v) is 24.1. The van der Waals surface area contributed by atoms with Crippen LogP contribution in [-0.2, 0) is 37.3 Å². The van der Waals surface area contributed by atoms with Gasteiger partial charge in [-0.3, -0.25) is 0 Å². The number of para-hydroxylation sites is 3. The van der Waals surface area contributed by atoms with Crippen LogP contribution in [0.4, 0.5) is 17.1 Å². The third-order valence-electron chi connectivity index (χ3n) is 13.6. The van der Waals surface area contributed by atoms with Gasteiger partial charge in [-0.15, -0.1) is 48.1 Å². The molecule has 3 aliphatic heterocycles. The van der Waals surface area contributed by atoms with Crippen LogP contribution in [0.15, 0.2) is 182 Å². The molecule has 0 atom stereocenters. The normalized spacial score (nSPS) is 14.8. The molecule has 0 N–H and O–H groups in total. The number of nitrogens with zero attached hydrogens (tertiary/aromatic N) is 5. The van der Waals surface area contributed by atoms with E-state index >= 15 is 0 Å². The third-order valence-corrected chi connectivity index (χ3v) is 13.6. The topological polar surface area (TPSA) is 36.8 Å². The fourth-order valence-electron chi connectivity index (χ4n) is 9.80. The Hall–Kier alpha value is -6.82. The van der Waals surface area contributed by atoms with Crippen LogP contribution in [0.1, 0.15) is 90.1 Å². The van der Waals surface area contributed by atoms with Gasteiger partial charge in [0.15, 0.2) is 0 Å². The molecule has 0 amide bonds. The average Bonchev–Trinajstić information content (AvgIpc) is 3.89. The Morgan fingerprint density at radius 2 is 1.24 bits per heavy atom. The van der Waals surface area contributed by atoms with Crippen molar-refractivity contribution < 1.29 is 25.8 Å². The Kier molecular flexibility index (Phi) is 12.0. The number of benzene rings is 6. The molecule has 0 fully saturated rings. The van der Waals surface area contributed by atoms with E-state index in [0.29, 0.717) is 11.5 Å². The van der Waals surface area contributed by atoms with E-state index in [1.165, 1.54) is 27.8 Å². The SMILES string of the molecule is CC(C)(C)c1cc(C2=C(N3[CH-]N(c4[c-]c(Oc5[c-]c6c(cc5)c5ccccc5n6-c5cc(C(C)(C)C)ccn5)ccc4)c4ccccc43)C(c3ccccc3)=CB3C=CC=CN32)cc(C(C)(C)C)c1.[Pt]. The molecule has 0 unspecified atom stereocenters. The smallest absolute Gasteiger partial charge is 0.313 e. The van der Waals surface area contributed by atoms with Crippen molar-refractivity contribution in [3.8, 4) is 17.3 Å². The van der Waals surface area contributed by atoms with Crippen LogP contribution in [0.25, 0.3) is 38.9 Å². The van der Waals surface area contributed by atoms with Gasteiger partial charge in [0.2, 0.25) is 0 Å². The maximum Gasteiger partial charge on any atom is 0.313 e. The van der Waals surface area contributed by atoms with Crippen LogP contribution in [0.3, 0.4) is 0 Å². The fourth-order valence-corrected chi connectivity index (χ4v) is 9.80. The van der Waals surface area contributed by atoms with Gasteiger partial charge in [0, 0.05) is 61.3 Å². The minimum atomic E-state index is -0.0657. The molecule has 6 nitrogen and oxygen atoms in total. The van der Waals surface area contributed by atoms with Crippen molar-refractivity contribution in [2.24, 2.45) is 0 Å². The molecule has 0 bridgehead atoms. The number of ether oxygens (including phenoxy) is 1. The van der Waals surface area contributed by atoms with Crippen LogP contribution < -0.4 is 14.5 Å². The van der Waals surface area contributed by atoms with Crippen molar-refractivity contribution in [1.29, 1.82) is 0 Å². The van der Waals surface area contributed by atoms with Gasteiger partial charge in [0.1, 0.15) is 5.82 Å². The predicted octanol–water partition coefficient (Wildman–Crippen LogP) is 15.5. The van der Waals surface area contributed by atoms with Crippen LogP contribution in [-0.4, -0.2) is 21.2 Å². The number of anilines is 3. The predicted molar refractivity (Wildman–Crippen MR) is 288 cm³/mol. The summed E-state index contributed by atoms with van der Waals surface area (Å²) in [5, 5.41) is 2.23. The fraction of sp³-hybridized carbons (Fsp3) is 0.194. The number of pyridine rings is 1. The van der Waals surface area contributed by atoms with Crippen molar-refractivity contribution in [2.45, 2.75) is 78.6 Å². The second kappa shape index (κ2) is 17.9. The molecule has 70 heavy (non-hydrogen) atoms. The van der Waals surface area contributed by atoms with E-state index in [9.17, 15) is 0 Å². The summed E-state index contributed by atoms with van der Waals surface area (Å²) in [6.07, 6.45) is 8.46. The van der Waals surface area contributed by atoms with Crippen LogP contribution >= 0.6 is 0 Å². The van der Waals surface area contributed by atoms with E-state index in [-0.39, 0.29) is 44.2 Å². The molecular weight excluding hydrogens is 1040 g/mol. The zero-order chi connectivity index (χ0) is 47.8. The summed E-state index contributed by atoms with van der Waals surface area (Å²) in [7, 11) is 0. The summed E-state index contributed by atoms with van der Waals surface area (Å²) >= 11 is 0. The first-order chi connectivity index (χ1) is 33.1. The second-order valence-corrected chi connectivity index (χ2v) is 21.5. The van der Waals surface area contributed by atoms with Gasteiger partial charge < -0.3 is 23.9 Å². The van der Waals surface area contributed by atoms with Gasteiger partial charge in [-0.2, -0.15) is 12.1 Å². The monoisotopic (exact) mass is 1090 g/mol. The minimum absolute atomic E-state index is 0. The van der Waals surface area contributed by atoms with E-state index in [4.69, 9.17) is 9.72 Å². The van der Waals surface area contributed by atoms with Gasteiger partial charge in [-0.25, -0.2) is 4.98 Å². The Morgan fingerprint density at radius 3 is 1.97 bits per heavy atom. The number of rotatable bonds is 7. The van der Waals surface area contributed by atoms with E-state index in [0.717, 1.165) is 61.6 Å². The Bertz CT molecular complexity index is 3400. The molecule has 11 rings (SSSR count). The Morgan fingerprint density at radius 1 is 0.571 bits per heavy atom. The van der Waals surface area contributed by atoms with Gasteiger partial charge >= 0.3 is 6.85 Å². The Balaban J connectivity index is 0.00000567. The average molecular weight is 1090 g/mol. The van der Waals surface area contributed by atoms with E-state index < -0.39 is 0 Å². The zero-order valence-electron chi connectivity index (χ0n) is 41.4. The molecule has 2 aromatic heterocycles. The summed E-state index contributed by atoms with van der Waals surface area (Å²) in [6.45, 7) is 22.8. The summed E-state index contributed by atoms with van der Waals surface area (Å²) in [4.78, 5) is 11.9. The quantitative estimate of drug-likeness (QED) is 0.117. The number of allylic oxidation sites excluding steroid dienone is 3. The molecule has 0 radical (unpaired) electrons. The molecule has 0 aliphatic carbocycles. The molecule has 352 valence electrons. The number of fused-ring (bicyclic) bond motifs is 5. The van der Waals surface area contributed by atoms with Crippen molar-refractivity contribution in [2.75, 3.05) is 9.80 Å². The number of hydrogen-bond acceptors (Lipinski definition) is 5. The molecule has 8 heteroatoms. The summed E-state index contributed by atoms with van der Waals surface area (Å²) in [5.74, 6) is 6.75. The second-order valence-electron chi connectivity index (χ2n) is 21.5. The standard InChI is InChI=1S/C62H57BN5O.Pt/c1-60(2,3)44-30-32-64-57(37-44)68-53-25-14-13-24-50(53)51-29-28-49(39-56(51)68)69-48-23-19-22-47(38-48)65-41-66(55-27-16-15-26-54(55)65)59-52(42-20-11-10-12-21-42)40-63-31-17-18-33-67(63)58(59)43-34-45(61(4,5)6)36-46(35-43)62(7,8)9;/h10-37,40-41H,1-9H3;/q-3;. The molecule has 0 saturated heterocycles. The molecular formula is C62H57BN5OPt-3. The first-order valence-electron chi connectivity index (χ1n) is 24.1. The van der Waals surface area contributed by atoms with Crippen LogP contribution in [0, 0.1) is 18.8 Å². The van der Waals surface area contributed by atoms with Crippen molar-refractivity contribution in [3.05, 3.63) is 228 Å². The van der Waals surface area contributed by atoms with Gasteiger partial charge in [0.25, 0.3) is 0 Å². The first kappa shape index (κ1) is 46.9. The number of aromatic nitrogens is 2. The molecule has 0 saturated carbocycles. The summed E-state index contributed by atoms with van der Waals surface area (Å²) in [5.41, 5.74) is 14.4. The zero-order valence-corrected chi connectivity index (χ0v) is 43.6. The maximum atomic E-state index is 6.73. The van der Waals surface area contributed by atoms with Crippen molar-refractivity contribution in [1.82, 2.24) is 14.4 Å². The van der Waals surface area contributed by atoms with Crippen LogP contribution in [0.2, 0.25) is 0 Å². The van der Waals surface area contributed by atoms with E-state index in [1.807, 2.05) is 24.4 Å². The van der Waals surface area contributed by atoms with Gasteiger partial charge in [-0.05, 0) is 110 Å². The largest absolute Gasteiger partial charge is 0.509 e. The molecule has 0 spiro atoms. The van der Waals surface area contributed by atoms with Gasteiger partial charge in [0.05, 0.1) is 5.70 Å². The van der Waals surface area contributed by atoms with Crippen molar-refractivity contribution in [3.63, 3.8) is 0 Å². The van der Waals surface area contributed by atoms with Gasteiger partial charge in [-0.1, -0.05) is 153 Å². The summed E-state index contributed by atoms with van der Waals surface area (Å²) in [6, 6.07) is 57.1. The van der Waals surface area contributed by atoms with Crippen LogP contribution in [0.5, 0.6) is 11.5 Å². The third kappa shape index (κ3) is 8.53. The molecule has 8 aromatic rings. The molecule has 5 heterocycles. The Labute approximate surface area is 428 Å². The maximum absolute atomic E-state index is 6.73. The van der Waals surface area contributed by atoms with Crippen molar-refractivity contribution >= 4 is 57.0 Å². The molecule has 3 aliphatic rings. The number of hydrogen-bond donors (Lipinski definition) is 0. The molecule has 6 aromatic carbocycles. The summed E-state index contributed by atoms with van der Waals surface area (Å²) < 4.78 is 8.93. The van der Waals surface area contributed by atoms with E-state index in [2.05, 4.69) is 252 Å². The minimum Gasteiger partial charge on any atom is -0.509 e.